The van der Waals surface area contributed by atoms with Crippen molar-refractivity contribution in [1.82, 2.24) is 4.98 Å². The molecule has 74 valence electrons. The maximum Gasteiger partial charge on any atom is 0.0566 e. The van der Waals surface area contributed by atoms with E-state index >= 15 is 0 Å². The van der Waals surface area contributed by atoms with Crippen LogP contribution in [0.1, 0.15) is 12.6 Å². The molecule has 1 aromatic carbocycles. The second-order valence-electron chi connectivity index (χ2n) is 3.58. The first kappa shape index (κ1) is 9.56. The Balaban J connectivity index is 2.41. The fraction of sp³-hybridized carbons (Fsp3) is 0.273. The zero-order valence-electron chi connectivity index (χ0n) is 7.92. The Hall–Kier alpha value is -0.990. The number of hydrogen-bond acceptors (Lipinski definition) is 1. The lowest BCUT2D eigenvalue weighted by molar-refractivity contribution is 0.194. The summed E-state index contributed by atoms with van der Waals surface area (Å²) < 4.78 is 0. The molecule has 2 rings (SSSR count). The summed E-state index contributed by atoms with van der Waals surface area (Å²) in [5.41, 5.74) is 2.10. The highest BCUT2D eigenvalue weighted by atomic mass is 35.5. The number of aliphatic hydroxyl groups excluding tert-OH is 1. The number of fused-ring (bicyclic) bond motifs is 1. The molecule has 0 radical (unpaired) electrons. The summed E-state index contributed by atoms with van der Waals surface area (Å²) in [5.74, 6) is 0. The third kappa shape index (κ3) is 1.91. The molecule has 0 aliphatic carbocycles. The van der Waals surface area contributed by atoms with Gasteiger partial charge in [0.2, 0.25) is 0 Å². The molecule has 2 N–H and O–H groups in total. The number of nitrogens with one attached hydrogen (secondary N) is 1. The van der Waals surface area contributed by atoms with Crippen molar-refractivity contribution in [1.29, 1.82) is 0 Å². The third-order valence-corrected chi connectivity index (χ3v) is 2.39. The van der Waals surface area contributed by atoms with E-state index in [2.05, 4.69) is 4.98 Å². The molecule has 2 aromatic rings. The van der Waals surface area contributed by atoms with Crippen LogP contribution in [-0.2, 0) is 6.42 Å². The number of benzene rings is 1. The van der Waals surface area contributed by atoms with Crippen molar-refractivity contribution in [3.8, 4) is 0 Å². The molecule has 1 heterocycles. The number of halogens is 1. The number of aliphatic hydroxyl groups is 1. The van der Waals surface area contributed by atoms with Gasteiger partial charge in [-0.25, -0.2) is 0 Å². The van der Waals surface area contributed by atoms with Gasteiger partial charge < -0.3 is 10.1 Å². The molecule has 0 amide bonds. The highest BCUT2D eigenvalue weighted by molar-refractivity contribution is 6.31. The van der Waals surface area contributed by atoms with E-state index in [0.29, 0.717) is 6.42 Å². The predicted octanol–water partition coefficient (Wildman–Crippen LogP) is 2.74. The first-order valence-corrected chi connectivity index (χ1v) is 4.98. The van der Waals surface area contributed by atoms with Gasteiger partial charge in [0.15, 0.2) is 0 Å². The Kier molecular flexibility index (Phi) is 2.48. The number of aromatic amines is 1. The molecule has 2 nitrogen and oxygen atoms in total. The molecule has 1 atom stereocenters. The highest BCUT2D eigenvalue weighted by Crippen LogP contribution is 2.20. The number of hydrogen-bond donors (Lipinski definition) is 2. The fourth-order valence-electron chi connectivity index (χ4n) is 1.59. The molecule has 0 aliphatic rings. The zero-order chi connectivity index (χ0) is 10.1. The maximum absolute atomic E-state index is 9.24. The van der Waals surface area contributed by atoms with Crippen LogP contribution in [0.2, 0.25) is 5.02 Å². The quantitative estimate of drug-likeness (QED) is 0.784. The largest absolute Gasteiger partial charge is 0.393 e. The standard InChI is InChI=1S/C11H12ClNO/c1-7(14)4-10-6-8-5-9(12)2-3-11(8)13-10/h2-3,5-7,13-14H,4H2,1H3/t7-/m1/s1. The van der Waals surface area contributed by atoms with Gasteiger partial charge >= 0.3 is 0 Å². The molecule has 1 aromatic heterocycles. The van der Waals surface area contributed by atoms with Gasteiger partial charge in [-0.2, -0.15) is 0 Å². The van der Waals surface area contributed by atoms with E-state index in [0.717, 1.165) is 21.6 Å². The van der Waals surface area contributed by atoms with Gasteiger partial charge in [-0.3, -0.25) is 0 Å². The summed E-state index contributed by atoms with van der Waals surface area (Å²) in [6.07, 6.45) is 0.324. The lowest BCUT2D eigenvalue weighted by atomic mass is 10.2. The van der Waals surface area contributed by atoms with Crippen molar-refractivity contribution in [2.75, 3.05) is 0 Å². The average Bonchev–Trinajstić information content (AvgIpc) is 2.44. The first-order chi connectivity index (χ1) is 6.65. The monoisotopic (exact) mass is 209 g/mol. The SMILES string of the molecule is C[C@@H](O)Cc1cc2cc(Cl)ccc2[nH]1. The molecule has 0 fully saturated rings. The van der Waals surface area contributed by atoms with Crippen LogP contribution in [0.5, 0.6) is 0 Å². The van der Waals surface area contributed by atoms with Gasteiger partial charge in [-0.15, -0.1) is 0 Å². The lowest BCUT2D eigenvalue weighted by Crippen LogP contribution is -2.03. The second-order valence-corrected chi connectivity index (χ2v) is 4.02. The van der Waals surface area contributed by atoms with Crippen molar-refractivity contribution < 1.29 is 5.11 Å². The molecule has 0 aliphatic heterocycles. The van der Waals surface area contributed by atoms with Crippen molar-refractivity contribution in [3.05, 3.63) is 35.0 Å². The summed E-state index contributed by atoms with van der Waals surface area (Å²) in [4.78, 5) is 3.24. The van der Waals surface area contributed by atoms with E-state index < -0.39 is 0 Å². The maximum atomic E-state index is 9.24. The summed E-state index contributed by atoms with van der Waals surface area (Å²) in [6.45, 7) is 1.78. The molecular formula is C11H12ClNO. The predicted molar refractivity (Wildman–Crippen MR) is 58.7 cm³/mol. The van der Waals surface area contributed by atoms with Crippen LogP contribution >= 0.6 is 11.6 Å². The van der Waals surface area contributed by atoms with Crippen LogP contribution in [0, 0.1) is 0 Å². The Morgan fingerprint density at radius 1 is 1.43 bits per heavy atom. The molecule has 14 heavy (non-hydrogen) atoms. The van der Waals surface area contributed by atoms with E-state index in [-0.39, 0.29) is 6.10 Å². The fourth-order valence-corrected chi connectivity index (χ4v) is 1.77. The molecule has 0 saturated heterocycles. The third-order valence-electron chi connectivity index (χ3n) is 2.15. The molecule has 3 heteroatoms. The van der Waals surface area contributed by atoms with E-state index in [1.807, 2.05) is 24.3 Å². The van der Waals surface area contributed by atoms with Gasteiger partial charge in [-0.1, -0.05) is 11.6 Å². The molecule has 0 bridgehead atoms. The topological polar surface area (TPSA) is 36.0 Å². The lowest BCUT2D eigenvalue weighted by Gasteiger charge is -1.99. The van der Waals surface area contributed by atoms with Gasteiger partial charge in [-0.05, 0) is 31.2 Å². The van der Waals surface area contributed by atoms with Crippen molar-refractivity contribution in [2.45, 2.75) is 19.4 Å². The molecule has 0 spiro atoms. The second kappa shape index (κ2) is 3.64. The average molecular weight is 210 g/mol. The Morgan fingerprint density at radius 3 is 2.93 bits per heavy atom. The Bertz CT molecular complexity index is 447. The molecular weight excluding hydrogens is 198 g/mol. The minimum Gasteiger partial charge on any atom is -0.393 e. The number of rotatable bonds is 2. The minimum atomic E-state index is -0.321. The van der Waals surface area contributed by atoms with Crippen molar-refractivity contribution in [2.24, 2.45) is 0 Å². The normalized spacial score (nSPS) is 13.4. The van der Waals surface area contributed by atoms with Crippen LogP contribution in [-0.4, -0.2) is 16.2 Å². The highest BCUT2D eigenvalue weighted by Gasteiger charge is 2.03. The molecule has 0 unspecified atom stereocenters. The Morgan fingerprint density at radius 2 is 2.21 bits per heavy atom. The first-order valence-electron chi connectivity index (χ1n) is 4.60. The number of H-pyrrole nitrogens is 1. The molecule has 0 saturated carbocycles. The van der Waals surface area contributed by atoms with E-state index in [9.17, 15) is 5.11 Å². The van der Waals surface area contributed by atoms with Gasteiger partial charge in [0, 0.05) is 28.0 Å². The van der Waals surface area contributed by atoms with Crippen LogP contribution in [0.4, 0.5) is 0 Å². The van der Waals surface area contributed by atoms with E-state index in [1.165, 1.54) is 0 Å². The zero-order valence-corrected chi connectivity index (χ0v) is 8.67. The summed E-state index contributed by atoms with van der Waals surface area (Å²) >= 11 is 5.87. The van der Waals surface area contributed by atoms with E-state index in [4.69, 9.17) is 11.6 Å². The van der Waals surface area contributed by atoms with Crippen molar-refractivity contribution in [3.63, 3.8) is 0 Å². The summed E-state index contributed by atoms with van der Waals surface area (Å²) in [7, 11) is 0. The van der Waals surface area contributed by atoms with Gasteiger partial charge in [0.25, 0.3) is 0 Å². The van der Waals surface area contributed by atoms with Gasteiger partial charge in [0.05, 0.1) is 6.10 Å². The van der Waals surface area contributed by atoms with Crippen LogP contribution in [0.3, 0.4) is 0 Å². The summed E-state index contributed by atoms with van der Waals surface area (Å²) in [6, 6.07) is 7.74. The van der Waals surface area contributed by atoms with Crippen LogP contribution < -0.4 is 0 Å². The minimum absolute atomic E-state index is 0.321. The Labute approximate surface area is 87.5 Å². The van der Waals surface area contributed by atoms with Crippen LogP contribution in [0.15, 0.2) is 24.3 Å². The summed E-state index contributed by atoms with van der Waals surface area (Å²) in [5, 5.41) is 11.1. The number of aromatic nitrogens is 1. The smallest absolute Gasteiger partial charge is 0.0566 e. The van der Waals surface area contributed by atoms with Crippen LogP contribution in [0.25, 0.3) is 10.9 Å². The van der Waals surface area contributed by atoms with Gasteiger partial charge in [0.1, 0.15) is 0 Å². The van der Waals surface area contributed by atoms with E-state index in [1.54, 1.807) is 6.92 Å². The van der Waals surface area contributed by atoms with Crippen molar-refractivity contribution >= 4 is 22.5 Å².